The van der Waals surface area contributed by atoms with Gasteiger partial charge in [-0.1, -0.05) is 121 Å². The van der Waals surface area contributed by atoms with Crippen LogP contribution in [-0.2, 0) is 0 Å². The average molecular weight is 659 g/mol. The molecule has 1 unspecified atom stereocenters. The van der Waals surface area contributed by atoms with Gasteiger partial charge in [-0.05, 0) is 65.2 Å². The zero-order chi connectivity index (χ0) is 33.0. The van der Waals surface area contributed by atoms with E-state index in [2.05, 4.69) is 143 Å². The van der Waals surface area contributed by atoms with E-state index in [1.807, 2.05) is 47.7 Å². The number of nitrogens with zero attached hydrogens (tertiary/aromatic N) is 3. The number of benzene rings is 7. The van der Waals surface area contributed by atoms with Crippen LogP contribution in [0.4, 0.5) is 0 Å². The van der Waals surface area contributed by atoms with Crippen molar-refractivity contribution >= 4 is 65.0 Å². The number of aliphatic imine (C=N–C) groups is 2. The molecule has 5 heteroatoms. The van der Waals surface area contributed by atoms with Gasteiger partial charge in [-0.3, -0.25) is 0 Å². The summed E-state index contributed by atoms with van der Waals surface area (Å²) in [7, 11) is 0. The summed E-state index contributed by atoms with van der Waals surface area (Å²) in [5.74, 6) is 1.53. The third-order valence-electron chi connectivity index (χ3n) is 9.68. The smallest absolute Gasteiger partial charge is 0.159 e. The molecule has 0 bridgehead atoms. The zero-order valence-electron chi connectivity index (χ0n) is 27.0. The molecule has 1 aliphatic heterocycles. The Bertz CT molecular complexity index is 2770. The minimum Gasteiger partial charge on any atom is -0.344 e. The molecule has 0 saturated heterocycles. The lowest BCUT2D eigenvalue weighted by atomic mass is 10.0. The standard InChI is InChI=1S/C45H30N4S/c1-3-12-29(13-4-1)43-46-44(30-14-5-2-6-15-30)48-45(47-43)31-22-25-33(26-23-31)49-39-20-9-7-16-35(39)38-28-32(24-27-40(38)49)34-18-11-19-37-36-17-8-10-21-41(36)50-42(34)37/h1-28,43H,(H,46,47,48). The van der Waals surface area contributed by atoms with Crippen molar-refractivity contribution in [2.45, 2.75) is 6.17 Å². The van der Waals surface area contributed by atoms with Crippen LogP contribution in [0.25, 0.3) is 58.8 Å². The van der Waals surface area contributed by atoms with Crippen molar-refractivity contribution in [1.29, 1.82) is 0 Å². The van der Waals surface area contributed by atoms with Crippen LogP contribution in [0.2, 0.25) is 0 Å². The average Bonchev–Trinajstić information content (AvgIpc) is 3.74. The van der Waals surface area contributed by atoms with Gasteiger partial charge in [0.05, 0.1) is 11.0 Å². The van der Waals surface area contributed by atoms with Crippen molar-refractivity contribution < 1.29 is 0 Å². The second-order valence-electron chi connectivity index (χ2n) is 12.6. The lowest BCUT2D eigenvalue weighted by Crippen LogP contribution is -2.33. The molecular formula is C45H30N4S. The lowest BCUT2D eigenvalue weighted by molar-refractivity contribution is 0.674. The Morgan fingerprint density at radius 2 is 1.20 bits per heavy atom. The SMILES string of the molecule is c1ccc(C2=NC(c3ccccc3)NC(c3ccc(-n4c5ccccc5c5cc(-c6cccc7c6sc6ccccc67)ccc54)cc3)=N2)cc1. The Kier molecular flexibility index (Phi) is 6.71. The third-order valence-corrected chi connectivity index (χ3v) is 10.9. The molecule has 1 aliphatic rings. The molecule has 4 nitrogen and oxygen atoms in total. The topological polar surface area (TPSA) is 41.7 Å². The van der Waals surface area contributed by atoms with Crippen LogP contribution >= 0.6 is 11.3 Å². The Hall–Kier alpha value is -6.30. The summed E-state index contributed by atoms with van der Waals surface area (Å²) in [6.45, 7) is 0. The van der Waals surface area contributed by atoms with Crippen LogP contribution in [0, 0.1) is 0 Å². The van der Waals surface area contributed by atoms with Crippen molar-refractivity contribution in [1.82, 2.24) is 9.88 Å². The number of hydrogen-bond donors (Lipinski definition) is 1. The maximum atomic E-state index is 5.01. The van der Waals surface area contributed by atoms with E-state index in [0.717, 1.165) is 34.0 Å². The maximum absolute atomic E-state index is 5.01. The van der Waals surface area contributed by atoms with Gasteiger partial charge in [0.25, 0.3) is 0 Å². The molecule has 2 aromatic heterocycles. The highest BCUT2D eigenvalue weighted by Gasteiger charge is 2.21. The molecule has 0 saturated carbocycles. The molecule has 7 aromatic carbocycles. The largest absolute Gasteiger partial charge is 0.344 e. The van der Waals surface area contributed by atoms with Crippen molar-refractivity contribution in [2.75, 3.05) is 0 Å². The predicted octanol–water partition coefficient (Wildman–Crippen LogP) is 11.3. The molecule has 50 heavy (non-hydrogen) atoms. The summed E-state index contributed by atoms with van der Waals surface area (Å²) >= 11 is 1.88. The fourth-order valence-electron chi connectivity index (χ4n) is 7.28. The molecule has 236 valence electrons. The molecular weight excluding hydrogens is 629 g/mol. The minimum atomic E-state index is -0.233. The molecule has 9 aromatic rings. The van der Waals surface area contributed by atoms with E-state index in [1.165, 1.54) is 53.1 Å². The quantitative estimate of drug-likeness (QED) is 0.196. The van der Waals surface area contributed by atoms with Gasteiger partial charge < -0.3 is 9.88 Å². The van der Waals surface area contributed by atoms with Crippen LogP contribution in [0.15, 0.2) is 180 Å². The van der Waals surface area contributed by atoms with E-state index >= 15 is 0 Å². The monoisotopic (exact) mass is 658 g/mol. The normalized spacial score (nSPS) is 14.6. The van der Waals surface area contributed by atoms with Crippen molar-refractivity contribution in [3.63, 3.8) is 0 Å². The van der Waals surface area contributed by atoms with Crippen LogP contribution in [0.1, 0.15) is 22.9 Å². The molecule has 1 atom stereocenters. The molecule has 1 N–H and O–H groups in total. The highest BCUT2D eigenvalue weighted by atomic mass is 32.1. The second kappa shape index (κ2) is 11.7. The first-order valence-corrected chi connectivity index (χ1v) is 17.7. The van der Waals surface area contributed by atoms with Gasteiger partial charge in [0.2, 0.25) is 0 Å². The highest BCUT2D eigenvalue weighted by molar-refractivity contribution is 7.26. The Labute approximate surface area is 293 Å². The van der Waals surface area contributed by atoms with Gasteiger partial charge in [0, 0.05) is 47.8 Å². The number of fused-ring (bicyclic) bond motifs is 6. The summed E-state index contributed by atoms with van der Waals surface area (Å²) in [4.78, 5) is 10.0. The highest BCUT2D eigenvalue weighted by Crippen LogP contribution is 2.41. The van der Waals surface area contributed by atoms with E-state index in [0.29, 0.717) is 0 Å². The third kappa shape index (κ3) is 4.74. The molecule has 0 fully saturated rings. The summed E-state index contributed by atoms with van der Waals surface area (Å²) in [5.41, 5.74) is 9.09. The van der Waals surface area contributed by atoms with Crippen LogP contribution < -0.4 is 5.32 Å². The van der Waals surface area contributed by atoms with E-state index in [1.54, 1.807) is 0 Å². The van der Waals surface area contributed by atoms with Crippen molar-refractivity contribution in [2.24, 2.45) is 9.98 Å². The number of amidine groups is 2. The van der Waals surface area contributed by atoms with Gasteiger partial charge in [-0.25, -0.2) is 9.98 Å². The molecule has 0 aliphatic carbocycles. The number of rotatable bonds is 5. The number of nitrogens with one attached hydrogen (secondary N) is 1. The van der Waals surface area contributed by atoms with E-state index in [4.69, 9.17) is 9.98 Å². The van der Waals surface area contributed by atoms with Gasteiger partial charge >= 0.3 is 0 Å². The number of aromatic nitrogens is 1. The predicted molar refractivity (Wildman–Crippen MR) is 211 cm³/mol. The summed E-state index contributed by atoms with van der Waals surface area (Å²) < 4.78 is 5.03. The number of thiophene rings is 1. The summed E-state index contributed by atoms with van der Waals surface area (Å²) in [5, 5.41) is 8.73. The first-order chi connectivity index (χ1) is 24.8. The van der Waals surface area contributed by atoms with E-state index in [-0.39, 0.29) is 6.17 Å². The van der Waals surface area contributed by atoms with Crippen LogP contribution in [-0.4, -0.2) is 16.2 Å². The first kappa shape index (κ1) is 28.7. The second-order valence-corrected chi connectivity index (χ2v) is 13.7. The van der Waals surface area contributed by atoms with E-state index < -0.39 is 0 Å². The van der Waals surface area contributed by atoms with Gasteiger partial charge in [0.15, 0.2) is 5.84 Å². The zero-order valence-corrected chi connectivity index (χ0v) is 27.8. The first-order valence-electron chi connectivity index (χ1n) is 16.9. The van der Waals surface area contributed by atoms with Gasteiger partial charge in [-0.15, -0.1) is 11.3 Å². The Morgan fingerprint density at radius 3 is 2.04 bits per heavy atom. The van der Waals surface area contributed by atoms with Crippen LogP contribution in [0.3, 0.4) is 0 Å². The van der Waals surface area contributed by atoms with Crippen LogP contribution in [0.5, 0.6) is 0 Å². The Balaban J connectivity index is 1.06. The fourth-order valence-corrected chi connectivity index (χ4v) is 8.52. The molecule has 0 amide bonds. The Morgan fingerprint density at radius 1 is 0.520 bits per heavy atom. The molecule has 10 rings (SSSR count). The maximum Gasteiger partial charge on any atom is 0.159 e. The lowest BCUT2D eigenvalue weighted by Gasteiger charge is -2.23. The summed E-state index contributed by atoms with van der Waals surface area (Å²) in [6, 6.07) is 60.3. The van der Waals surface area contributed by atoms with Crippen molar-refractivity contribution in [3.05, 3.63) is 187 Å². The van der Waals surface area contributed by atoms with E-state index in [9.17, 15) is 0 Å². The number of hydrogen-bond acceptors (Lipinski definition) is 4. The van der Waals surface area contributed by atoms with Gasteiger partial charge in [-0.2, -0.15) is 0 Å². The fraction of sp³-hybridized carbons (Fsp3) is 0.0222. The minimum absolute atomic E-state index is 0.233. The molecule has 0 spiro atoms. The van der Waals surface area contributed by atoms with Gasteiger partial charge in [0.1, 0.15) is 12.0 Å². The molecule has 0 radical (unpaired) electrons. The van der Waals surface area contributed by atoms with Crippen molar-refractivity contribution in [3.8, 4) is 16.8 Å². The molecule has 3 heterocycles. The summed E-state index contributed by atoms with van der Waals surface area (Å²) in [6.07, 6.45) is -0.233. The number of para-hydroxylation sites is 1.